The average Bonchev–Trinajstić information content (AvgIpc) is 2.54. The summed E-state index contributed by atoms with van der Waals surface area (Å²) in [4.78, 5) is 13.9. The fourth-order valence-electron chi connectivity index (χ4n) is 2.56. The zero-order chi connectivity index (χ0) is 14.9. The number of hydrogen-bond donors (Lipinski definition) is 2. The second-order valence-corrected chi connectivity index (χ2v) is 5.38. The van der Waals surface area contributed by atoms with E-state index in [2.05, 4.69) is 22.8 Å². The number of carbonyl (C=O) groups excluding carboxylic acids is 1. The molecule has 1 atom stereocenters. The minimum absolute atomic E-state index is 0.0123. The van der Waals surface area contributed by atoms with E-state index in [0.29, 0.717) is 19.2 Å². The summed E-state index contributed by atoms with van der Waals surface area (Å²) in [6, 6.07) is 10.7. The molecule has 0 bridgehead atoms. The van der Waals surface area contributed by atoms with Gasteiger partial charge in [-0.3, -0.25) is 0 Å². The normalized spacial score (nSPS) is 18.5. The highest BCUT2D eigenvalue weighted by Crippen LogP contribution is 2.11. The number of hydrogen-bond acceptors (Lipinski definition) is 3. The number of nitrogens with zero attached hydrogens (tertiary/aromatic N) is 1. The molecule has 1 saturated heterocycles. The third-order valence-electron chi connectivity index (χ3n) is 3.73. The zero-order valence-corrected chi connectivity index (χ0v) is 12.7. The number of amides is 2. The smallest absolute Gasteiger partial charge is 0.317 e. The molecule has 2 amide bonds. The number of methoxy groups -OCH3 is 1. The Bertz CT molecular complexity index is 425. The van der Waals surface area contributed by atoms with Crippen LogP contribution in [-0.2, 0) is 11.3 Å². The van der Waals surface area contributed by atoms with Crippen LogP contribution in [0.5, 0.6) is 0 Å². The van der Waals surface area contributed by atoms with Crippen LogP contribution < -0.4 is 10.6 Å². The van der Waals surface area contributed by atoms with Crippen molar-refractivity contribution in [2.45, 2.75) is 25.4 Å². The van der Waals surface area contributed by atoms with E-state index in [1.54, 1.807) is 7.11 Å². The van der Waals surface area contributed by atoms with Crippen LogP contribution >= 0.6 is 0 Å². The second-order valence-electron chi connectivity index (χ2n) is 5.38. The summed E-state index contributed by atoms with van der Waals surface area (Å²) >= 11 is 0. The quantitative estimate of drug-likeness (QED) is 0.783. The van der Waals surface area contributed by atoms with Crippen LogP contribution in [0.4, 0.5) is 4.79 Å². The maximum Gasteiger partial charge on any atom is 0.317 e. The Morgan fingerprint density at radius 1 is 1.38 bits per heavy atom. The molecule has 1 aromatic carbocycles. The van der Waals surface area contributed by atoms with Gasteiger partial charge in [0, 0.05) is 39.3 Å². The van der Waals surface area contributed by atoms with E-state index in [1.165, 1.54) is 5.56 Å². The van der Waals surface area contributed by atoms with E-state index >= 15 is 0 Å². The standard InChI is InChI=1S/C16H25N3O2/c1-21-11-9-17-16(20)19-10-5-8-15(13-19)18-12-14-6-3-2-4-7-14/h2-4,6-7,15,18H,5,8-13H2,1H3,(H,17,20)/t15-/m1/s1. The summed E-state index contributed by atoms with van der Waals surface area (Å²) < 4.78 is 4.94. The number of piperidine rings is 1. The SMILES string of the molecule is COCCNC(=O)N1CCC[C@@H](NCc2ccccc2)C1. The number of likely N-dealkylation sites (tertiary alicyclic amines) is 1. The number of benzene rings is 1. The minimum Gasteiger partial charge on any atom is -0.383 e. The van der Waals surface area contributed by atoms with Gasteiger partial charge >= 0.3 is 6.03 Å². The summed E-state index contributed by atoms with van der Waals surface area (Å²) in [5.74, 6) is 0. The van der Waals surface area contributed by atoms with E-state index in [0.717, 1.165) is 32.5 Å². The Morgan fingerprint density at radius 3 is 2.95 bits per heavy atom. The van der Waals surface area contributed by atoms with Gasteiger partial charge in [0.25, 0.3) is 0 Å². The molecule has 1 fully saturated rings. The third kappa shape index (κ3) is 5.36. The van der Waals surface area contributed by atoms with Crippen molar-refractivity contribution in [1.29, 1.82) is 0 Å². The Labute approximate surface area is 126 Å². The topological polar surface area (TPSA) is 53.6 Å². The number of ether oxygens (including phenoxy) is 1. The van der Waals surface area contributed by atoms with Crippen molar-refractivity contribution >= 4 is 6.03 Å². The molecule has 5 nitrogen and oxygen atoms in total. The van der Waals surface area contributed by atoms with Gasteiger partial charge in [-0.1, -0.05) is 30.3 Å². The molecule has 0 aliphatic carbocycles. The molecule has 1 aromatic rings. The van der Waals surface area contributed by atoms with Gasteiger partial charge in [-0.05, 0) is 18.4 Å². The molecule has 0 saturated carbocycles. The molecule has 0 aromatic heterocycles. The Kier molecular flexibility index (Phi) is 6.50. The second kappa shape index (κ2) is 8.64. The van der Waals surface area contributed by atoms with E-state index in [-0.39, 0.29) is 6.03 Å². The molecule has 5 heteroatoms. The lowest BCUT2D eigenvalue weighted by atomic mass is 10.1. The molecule has 1 aliphatic heterocycles. The van der Waals surface area contributed by atoms with Gasteiger partial charge in [0.2, 0.25) is 0 Å². The predicted octanol–water partition coefficient (Wildman–Crippen LogP) is 1.60. The maximum atomic E-state index is 12.0. The first-order chi connectivity index (χ1) is 10.3. The summed E-state index contributed by atoms with van der Waals surface area (Å²) in [5.41, 5.74) is 1.28. The largest absolute Gasteiger partial charge is 0.383 e. The van der Waals surface area contributed by atoms with Gasteiger partial charge in [-0.2, -0.15) is 0 Å². The van der Waals surface area contributed by atoms with Crippen LogP contribution in [0.2, 0.25) is 0 Å². The van der Waals surface area contributed by atoms with Gasteiger partial charge in [0.15, 0.2) is 0 Å². The summed E-state index contributed by atoms with van der Waals surface area (Å²) in [5, 5.41) is 6.43. The molecule has 116 valence electrons. The minimum atomic E-state index is 0.0123. The van der Waals surface area contributed by atoms with Crippen molar-refractivity contribution < 1.29 is 9.53 Å². The van der Waals surface area contributed by atoms with E-state index < -0.39 is 0 Å². The molecule has 21 heavy (non-hydrogen) atoms. The predicted molar refractivity (Wildman–Crippen MR) is 83.2 cm³/mol. The monoisotopic (exact) mass is 291 g/mol. The number of nitrogens with one attached hydrogen (secondary N) is 2. The third-order valence-corrected chi connectivity index (χ3v) is 3.73. The summed E-state index contributed by atoms with van der Waals surface area (Å²) in [6.45, 7) is 3.57. The highest BCUT2D eigenvalue weighted by Gasteiger charge is 2.22. The lowest BCUT2D eigenvalue weighted by molar-refractivity contribution is 0.163. The van der Waals surface area contributed by atoms with Crippen LogP contribution in [0.15, 0.2) is 30.3 Å². The first kappa shape index (κ1) is 15.8. The van der Waals surface area contributed by atoms with Gasteiger partial charge < -0.3 is 20.3 Å². The van der Waals surface area contributed by atoms with Crippen molar-refractivity contribution in [3.63, 3.8) is 0 Å². The van der Waals surface area contributed by atoms with Crippen molar-refractivity contribution in [3.05, 3.63) is 35.9 Å². The zero-order valence-electron chi connectivity index (χ0n) is 12.7. The molecule has 2 N–H and O–H groups in total. The fourth-order valence-corrected chi connectivity index (χ4v) is 2.56. The Morgan fingerprint density at radius 2 is 2.19 bits per heavy atom. The lowest BCUT2D eigenvalue weighted by Gasteiger charge is -2.33. The first-order valence-corrected chi connectivity index (χ1v) is 7.58. The van der Waals surface area contributed by atoms with Crippen LogP contribution in [0.25, 0.3) is 0 Å². The molecular weight excluding hydrogens is 266 g/mol. The van der Waals surface area contributed by atoms with Crippen molar-refractivity contribution in [2.24, 2.45) is 0 Å². The van der Waals surface area contributed by atoms with Gasteiger partial charge in [-0.25, -0.2) is 4.79 Å². The first-order valence-electron chi connectivity index (χ1n) is 7.58. The van der Waals surface area contributed by atoms with Crippen molar-refractivity contribution in [2.75, 3.05) is 33.4 Å². The average molecular weight is 291 g/mol. The molecule has 2 rings (SSSR count). The van der Waals surface area contributed by atoms with Crippen LogP contribution in [-0.4, -0.2) is 50.3 Å². The summed E-state index contributed by atoms with van der Waals surface area (Å²) in [7, 11) is 1.64. The Balaban J connectivity index is 1.74. The van der Waals surface area contributed by atoms with Crippen molar-refractivity contribution in [1.82, 2.24) is 15.5 Å². The molecule has 1 aliphatic rings. The van der Waals surface area contributed by atoms with Crippen LogP contribution in [0.1, 0.15) is 18.4 Å². The van der Waals surface area contributed by atoms with Gasteiger partial charge in [0.05, 0.1) is 6.61 Å². The Hall–Kier alpha value is -1.59. The molecule has 0 unspecified atom stereocenters. The van der Waals surface area contributed by atoms with Crippen LogP contribution in [0.3, 0.4) is 0 Å². The molecular formula is C16H25N3O2. The maximum absolute atomic E-state index is 12.0. The highest BCUT2D eigenvalue weighted by atomic mass is 16.5. The highest BCUT2D eigenvalue weighted by molar-refractivity contribution is 5.74. The number of carbonyl (C=O) groups is 1. The van der Waals surface area contributed by atoms with Crippen molar-refractivity contribution in [3.8, 4) is 0 Å². The number of rotatable bonds is 6. The van der Waals surface area contributed by atoms with Crippen LogP contribution in [0, 0.1) is 0 Å². The summed E-state index contributed by atoms with van der Waals surface area (Å²) in [6.07, 6.45) is 2.17. The van der Waals surface area contributed by atoms with E-state index in [4.69, 9.17) is 4.74 Å². The number of urea groups is 1. The van der Waals surface area contributed by atoms with E-state index in [9.17, 15) is 4.79 Å². The molecule has 0 radical (unpaired) electrons. The molecule has 0 spiro atoms. The van der Waals surface area contributed by atoms with E-state index in [1.807, 2.05) is 23.1 Å². The van der Waals surface area contributed by atoms with Gasteiger partial charge in [-0.15, -0.1) is 0 Å². The lowest BCUT2D eigenvalue weighted by Crippen LogP contribution is -2.51. The fraction of sp³-hybridized carbons (Fsp3) is 0.562. The van der Waals surface area contributed by atoms with Gasteiger partial charge in [0.1, 0.15) is 0 Å². The molecule has 1 heterocycles.